The van der Waals surface area contributed by atoms with Gasteiger partial charge in [-0.3, -0.25) is 14.2 Å². The molecule has 0 aliphatic rings. The lowest BCUT2D eigenvalue weighted by molar-refractivity contribution is 0.102. The molecule has 0 fully saturated rings. The van der Waals surface area contributed by atoms with E-state index in [2.05, 4.69) is 5.32 Å². The predicted octanol–water partition coefficient (Wildman–Crippen LogP) is 5.32. The Morgan fingerprint density at radius 1 is 0.889 bits per heavy atom. The number of aromatic nitrogens is 1. The highest BCUT2D eigenvalue weighted by molar-refractivity contribution is 6.32. The fraction of sp³-hybridized carbons (Fsp3) is 0.185. The zero-order valence-corrected chi connectivity index (χ0v) is 21.0. The lowest BCUT2D eigenvalue weighted by atomic mass is 10.0. The molecule has 4 rings (SSSR count). The first kappa shape index (κ1) is 24.9. The Morgan fingerprint density at radius 2 is 1.53 bits per heavy atom. The molecule has 0 aliphatic heterocycles. The van der Waals surface area contributed by atoms with Gasteiger partial charge in [0, 0.05) is 23.0 Å². The summed E-state index contributed by atoms with van der Waals surface area (Å²) >= 11 is 6.23. The molecule has 0 saturated heterocycles. The largest absolute Gasteiger partial charge is 0.495 e. The van der Waals surface area contributed by atoms with Gasteiger partial charge in [0.25, 0.3) is 11.5 Å². The van der Waals surface area contributed by atoms with Gasteiger partial charge in [-0.15, -0.1) is 0 Å². The second kappa shape index (κ2) is 10.6. The topological polar surface area (TPSA) is 88.0 Å². The highest BCUT2D eigenvalue weighted by atomic mass is 35.5. The van der Waals surface area contributed by atoms with Crippen molar-refractivity contribution < 1.29 is 23.7 Å². The van der Waals surface area contributed by atoms with E-state index in [-0.39, 0.29) is 11.1 Å². The van der Waals surface area contributed by atoms with Crippen molar-refractivity contribution in [2.45, 2.75) is 6.92 Å². The summed E-state index contributed by atoms with van der Waals surface area (Å²) in [6.45, 7) is 2.42. The number of amides is 1. The number of pyridine rings is 1. The summed E-state index contributed by atoms with van der Waals surface area (Å²) in [5, 5.41) is 3.91. The summed E-state index contributed by atoms with van der Waals surface area (Å²) in [5.41, 5.74) is 0.977. The molecule has 4 aromatic rings. The molecule has 0 aliphatic carbocycles. The number of fused-ring (bicyclic) bond motifs is 1. The fourth-order valence-electron chi connectivity index (χ4n) is 3.85. The van der Waals surface area contributed by atoms with E-state index in [4.69, 9.17) is 30.5 Å². The summed E-state index contributed by atoms with van der Waals surface area (Å²) in [4.78, 5) is 27.0. The maximum Gasteiger partial charge on any atom is 0.263 e. The van der Waals surface area contributed by atoms with Crippen molar-refractivity contribution in [1.29, 1.82) is 0 Å². The van der Waals surface area contributed by atoms with E-state index in [0.717, 1.165) is 0 Å². The Kier molecular flexibility index (Phi) is 7.36. The summed E-state index contributed by atoms with van der Waals surface area (Å²) in [7, 11) is 4.49. The number of nitrogens with one attached hydrogen (secondary N) is 1. The average Bonchev–Trinajstić information content (AvgIpc) is 2.89. The highest BCUT2D eigenvalue weighted by Gasteiger charge is 2.19. The van der Waals surface area contributed by atoms with Gasteiger partial charge in [-0.1, -0.05) is 11.6 Å². The number of methoxy groups -OCH3 is 3. The van der Waals surface area contributed by atoms with E-state index in [1.807, 2.05) is 6.92 Å². The predicted molar refractivity (Wildman–Crippen MR) is 140 cm³/mol. The number of hydrogen-bond acceptors (Lipinski definition) is 6. The van der Waals surface area contributed by atoms with Crippen LogP contribution in [0.1, 0.15) is 17.3 Å². The van der Waals surface area contributed by atoms with Crippen LogP contribution in [-0.2, 0) is 0 Å². The standard InChI is InChI=1S/C27H25ClN2O6/c1-5-36-18-9-7-17(8-10-18)30-15-21(26(31)29-16-6-11-23(33-2)22(28)12-16)19-13-24(34-3)25(35-4)14-20(19)27(30)32/h6-15H,5H2,1-4H3,(H,29,31). The van der Waals surface area contributed by atoms with Gasteiger partial charge < -0.3 is 24.3 Å². The third-order valence-electron chi connectivity index (χ3n) is 5.60. The first-order valence-corrected chi connectivity index (χ1v) is 11.5. The zero-order chi connectivity index (χ0) is 25.8. The molecule has 0 atom stereocenters. The Labute approximate surface area is 212 Å². The van der Waals surface area contributed by atoms with E-state index < -0.39 is 5.91 Å². The van der Waals surface area contributed by atoms with E-state index >= 15 is 0 Å². The molecular weight excluding hydrogens is 484 g/mol. The van der Waals surface area contributed by atoms with Crippen molar-refractivity contribution in [1.82, 2.24) is 4.57 Å². The first-order chi connectivity index (χ1) is 17.4. The molecule has 1 amide bonds. The van der Waals surface area contributed by atoms with E-state index in [0.29, 0.717) is 56.8 Å². The zero-order valence-electron chi connectivity index (χ0n) is 20.3. The summed E-state index contributed by atoms with van der Waals surface area (Å²) in [6.07, 6.45) is 1.51. The van der Waals surface area contributed by atoms with Crippen LogP contribution in [0.15, 0.2) is 65.6 Å². The van der Waals surface area contributed by atoms with Crippen LogP contribution in [0.2, 0.25) is 5.02 Å². The lowest BCUT2D eigenvalue weighted by Crippen LogP contribution is -2.23. The minimum Gasteiger partial charge on any atom is -0.495 e. The fourth-order valence-corrected chi connectivity index (χ4v) is 4.11. The molecule has 36 heavy (non-hydrogen) atoms. The molecule has 0 spiro atoms. The smallest absolute Gasteiger partial charge is 0.263 e. The molecule has 0 bridgehead atoms. The number of hydrogen-bond donors (Lipinski definition) is 1. The monoisotopic (exact) mass is 508 g/mol. The number of rotatable bonds is 8. The van der Waals surface area contributed by atoms with E-state index in [1.54, 1.807) is 54.6 Å². The third kappa shape index (κ3) is 4.81. The number of anilines is 1. The van der Waals surface area contributed by atoms with Gasteiger partial charge in [0.15, 0.2) is 11.5 Å². The molecular formula is C27H25ClN2O6. The molecule has 186 valence electrons. The molecule has 1 heterocycles. The van der Waals surface area contributed by atoms with Crippen molar-refractivity contribution in [2.24, 2.45) is 0 Å². The van der Waals surface area contributed by atoms with Gasteiger partial charge >= 0.3 is 0 Å². The van der Waals surface area contributed by atoms with Gasteiger partial charge in [-0.25, -0.2) is 0 Å². The van der Waals surface area contributed by atoms with Crippen molar-refractivity contribution in [3.8, 4) is 28.7 Å². The number of halogens is 1. The molecule has 0 radical (unpaired) electrons. The lowest BCUT2D eigenvalue weighted by Gasteiger charge is -2.16. The van der Waals surface area contributed by atoms with Crippen LogP contribution < -0.4 is 29.8 Å². The Morgan fingerprint density at radius 3 is 2.11 bits per heavy atom. The van der Waals surface area contributed by atoms with Crippen LogP contribution in [0.4, 0.5) is 5.69 Å². The van der Waals surface area contributed by atoms with Gasteiger partial charge in [-0.05, 0) is 61.5 Å². The molecule has 0 unspecified atom stereocenters. The van der Waals surface area contributed by atoms with Crippen LogP contribution in [0.3, 0.4) is 0 Å². The normalized spacial score (nSPS) is 10.7. The molecule has 1 N–H and O–H groups in total. The minimum atomic E-state index is -0.437. The Balaban J connectivity index is 1.88. The molecule has 9 heteroatoms. The number of carbonyl (C=O) groups excluding carboxylic acids is 1. The second-order valence-corrected chi connectivity index (χ2v) is 8.11. The third-order valence-corrected chi connectivity index (χ3v) is 5.90. The molecule has 8 nitrogen and oxygen atoms in total. The van der Waals surface area contributed by atoms with Crippen molar-refractivity contribution in [3.05, 3.63) is 81.7 Å². The van der Waals surface area contributed by atoms with Crippen LogP contribution in [0, 0.1) is 0 Å². The van der Waals surface area contributed by atoms with Gasteiger partial charge in [0.05, 0.1) is 43.9 Å². The second-order valence-electron chi connectivity index (χ2n) is 7.70. The Hall–Kier alpha value is -4.17. The summed E-state index contributed by atoms with van der Waals surface area (Å²) < 4.78 is 22.9. The van der Waals surface area contributed by atoms with E-state index in [9.17, 15) is 9.59 Å². The highest BCUT2D eigenvalue weighted by Crippen LogP contribution is 2.33. The summed E-state index contributed by atoms with van der Waals surface area (Å²) in [6, 6.07) is 15.2. The van der Waals surface area contributed by atoms with Crippen molar-refractivity contribution in [2.75, 3.05) is 33.3 Å². The number of benzene rings is 3. The van der Waals surface area contributed by atoms with Crippen LogP contribution in [0.5, 0.6) is 23.0 Å². The average molecular weight is 509 g/mol. The SMILES string of the molecule is CCOc1ccc(-n2cc(C(=O)Nc3ccc(OC)c(Cl)c3)c3cc(OC)c(OC)cc3c2=O)cc1. The maximum absolute atomic E-state index is 13.5. The minimum absolute atomic E-state index is 0.256. The van der Waals surface area contributed by atoms with Crippen LogP contribution >= 0.6 is 11.6 Å². The van der Waals surface area contributed by atoms with Crippen LogP contribution in [0.25, 0.3) is 16.5 Å². The van der Waals surface area contributed by atoms with Gasteiger partial charge in [0.2, 0.25) is 0 Å². The maximum atomic E-state index is 13.5. The molecule has 0 saturated carbocycles. The first-order valence-electron chi connectivity index (χ1n) is 11.1. The number of nitrogens with zero attached hydrogens (tertiary/aromatic N) is 1. The molecule has 3 aromatic carbocycles. The van der Waals surface area contributed by atoms with E-state index in [1.165, 1.54) is 32.1 Å². The van der Waals surface area contributed by atoms with Gasteiger partial charge in [-0.2, -0.15) is 0 Å². The van der Waals surface area contributed by atoms with Crippen LogP contribution in [-0.4, -0.2) is 38.4 Å². The quantitative estimate of drug-likeness (QED) is 0.346. The molecule has 1 aromatic heterocycles. The van der Waals surface area contributed by atoms with Crippen molar-refractivity contribution in [3.63, 3.8) is 0 Å². The summed E-state index contributed by atoms with van der Waals surface area (Å²) in [5.74, 6) is 1.49. The van der Waals surface area contributed by atoms with Crippen molar-refractivity contribution >= 4 is 34.0 Å². The number of carbonyl (C=O) groups is 1. The number of ether oxygens (including phenoxy) is 4. The van der Waals surface area contributed by atoms with Gasteiger partial charge in [0.1, 0.15) is 11.5 Å². The Bertz CT molecular complexity index is 1480.